The highest BCUT2D eigenvalue weighted by Gasteiger charge is 2.30. The molecule has 1 unspecified atom stereocenters. The van der Waals surface area contributed by atoms with Crippen molar-refractivity contribution in [1.82, 2.24) is 10.2 Å². The lowest BCUT2D eigenvalue weighted by molar-refractivity contribution is -0.0507. The quantitative estimate of drug-likeness (QED) is 0.737. The van der Waals surface area contributed by atoms with E-state index < -0.39 is 0 Å². The minimum Gasteiger partial charge on any atom is -0.377 e. The molecule has 1 N–H and O–H groups in total. The molecule has 0 amide bonds. The van der Waals surface area contributed by atoms with E-state index in [-0.39, 0.29) is 5.60 Å². The molecule has 1 heterocycles. The fraction of sp³-hybridized carbons (Fsp3) is 1.00. The zero-order chi connectivity index (χ0) is 12.8. The minimum atomic E-state index is 0.0944. The number of ether oxygens (including phenoxy) is 1. The molecule has 3 nitrogen and oxygen atoms in total. The summed E-state index contributed by atoms with van der Waals surface area (Å²) in [6, 6.07) is 0.815. The zero-order valence-corrected chi connectivity index (χ0v) is 12.2. The Bertz CT molecular complexity index is 241. The standard InChI is InChI=1S/C15H30N2O/c1-15(18-2)9-5-11-17(13-15)12-6-10-16-14-7-3-4-8-14/h14,16H,3-13H2,1-2H3. The predicted molar refractivity (Wildman–Crippen MR) is 76.0 cm³/mol. The van der Waals surface area contributed by atoms with Crippen LogP contribution in [-0.4, -0.2) is 49.8 Å². The van der Waals surface area contributed by atoms with Crippen molar-refractivity contribution in [3.05, 3.63) is 0 Å². The molecule has 1 saturated heterocycles. The first-order valence-electron chi connectivity index (χ1n) is 7.73. The molecular formula is C15H30N2O. The van der Waals surface area contributed by atoms with Gasteiger partial charge in [0.25, 0.3) is 0 Å². The Kier molecular flexibility index (Phi) is 5.46. The molecule has 2 rings (SSSR count). The molecule has 0 aromatic heterocycles. The van der Waals surface area contributed by atoms with Gasteiger partial charge in [0.1, 0.15) is 0 Å². The smallest absolute Gasteiger partial charge is 0.0777 e. The van der Waals surface area contributed by atoms with Gasteiger partial charge in [0, 0.05) is 19.7 Å². The minimum absolute atomic E-state index is 0.0944. The molecule has 0 aromatic carbocycles. The van der Waals surface area contributed by atoms with Gasteiger partial charge in [-0.25, -0.2) is 0 Å². The van der Waals surface area contributed by atoms with E-state index in [0.717, 1.165) is 12.6 Å². The third-order valence-electron chi connectivity index (χ3n) is 4.67. The Labute approximate surface area is 112 Å². The lowest BCUT2D eigenvalue weighted by atomic mass is 9.95. The van der Waals surface area contributed by atoms with Crippen LogP contribution in [0.15, 0.2) is 0 Å². The Balaban J connectivity index is 1.58. The van der Waals surface area contributed by atoms with Crippen LogP contribution < -0.4 is 5.32 Å². The number of nitrogens with zero attached hydrogens (tertiary/aromatic N) is 1. The lowest BCUT2D eigenvalue weighted by Crippen LogP contribution is -2.47. The van der Waals surface area contributed by atoms with E-state index in [4.69, 9.17) is 4.74 Å². The van der Waals surface area contributed by atoms with Crippen molar-refractivity contribution in [2.24, 2.45) is 0 Å². The molecule has 1 atom stereocenters. The second-order valence-corrected chi connectivity index (χ2v) is 6.32. The van der Waals surface area contributed by atoms with Gasteiger partial charge in [-0.1, -0.05) is 12.8 Å². The molecule has 0 bridgehead atoms. The van der Waals surface area contributed by atoms with Crippen LogP contribution in [0.4, 0.5) is 0 Å². The summed E-state index contributed by atoms with van der Waals surface area (Å²) in [5.74, 6) is 0. The van der Waals surface area contributed by atoms with Crippen molar-refractivity contribution in [2.45, 2.75) is 63.5 Å². The molecule has 0 spiro atoms. The molecule has 1 aliphatic carbocycles. The summed E-state index contributed by atoms with van der Waals surface area (Å²) >= 11 is 0. The van der Waals surface area contributed by atoms with Crippen molar-refractivity contribution in [1.29, 1.82) is 0 Å². The topological polar surface area (TPSA) is 24.5 Å². The predicted octanol–water partition coefficient (Wildman–Crippen LogP) is 2.41. The van der Waals surface area contributed by atoms with Crippen LogP contribution in [0.3, 0.4) is 0 Å². The number of nitrogens with one attached hydrogen (secondary N) is 1. The molecule has 3 heteroatoms. The van der Waals surface area contributed by atoms with Crippen molar-refractivity contribution in [3.8, 4) is 0 Å². The van der Waals surface area contributed by atoms with Crippen LogP contribution in [0.5, 0.6) is 0 Å². The molecular weight excluding hydrogens is 224 g/mol. The highest BCUT2D eigenvalue weighted by molar-refractivity contribution is 4.84. The number of methoxy groups -OCH3 is 1. The maximum Gasteiger partial charge on any atom is 0.0777 e. The highest BCUT2D eigenvalue weighted by Crippen LogP contribution is 2.23. The summed E-state index contributed by atoms with van der Waals surface area (Å²) in [5, 5.41) is 3.70. The SMILES string of the molecule is COC1(C)CCCN(CCCNC2CCCC2)C1. The second-order valence-electron chi connectivity index (χ2n) is 6.32. The van der Waals surface area contributed by atoms with Crippen molar-refractivity contribution in [3.63, 3.8) is 0 Å². The van der Waals surface area contributed by atoms with Gasteiger partial charge in [0.2, 0.25) is 0 Å². The van der Waals surface area contributed by atoms with Crippen molar-refractivity contribution < 1.29 is 4.74 Å². The summed E-state index contributed by atoms with van der Waals surface area (Å²) < 4.78 is 5.64. The van der Waals surface area contributed by atoms with Crippen LogP contribution in [0.25, 0.3) is 0 Å². The maximum atomic E-state index is 5.64. The average molecular weight is 254 g/mol. The van der Waals surface area contributed by atoms with Crippen LogP contribution in [0, 0.1) is 0 Å². The number of hydrogen-bond acceptors (Lipinski definition) is 3. The van der Waals surface area contributed by atoms with Gasteiger partial charge in [0.15, 0.2) is 0 Å². The molecule has 106 valence electrons. The monoisotopic (exact) mass is 254 g/mol. The van der Waals surface area contributed by atoms with Crippen LogP contribution in [0.2, 0.25) is 0 Å². The number of piperidine rings is 1. The van der Waals surface area contributed by atoms with Crippen molar-refractivity contribution in [2.75, 3.05) is 33.3 Å². The van der Waals surface area contributed by atoms with E-state index in [9.17, 15) is 0 Å². The number of likely N-dealkylation sites (tertiary alicyclic amines) is 1. The summed E-state index contributed by atoms with van der Waals surface area (Å²) in [4.78, 5) is 2.57. The van der Waals surface area contributed by atoms with E-state index in [1.807, 2.05) is 7.11 Å². The lowest BCUT2D eigenvalue weighted by Gasteiger charge is -2.39. The van der Waals surface area contributed by atoms with E-state index >= 15 is 0 Å². The largest absolute Gasteiger partial charge is 0.377 e. The van der Waals surface area contributed by atoms with Gasteiger partial charge in [-0.05, 0) is 58.7 Å². The summed E-state index contributed by atoms with van der Waals surface area (Å²) in [6.07, 6.45) is 9.40. The van der Waals surface area contributed by atoms with E-state index in [1.54, 1.807) is 0 Å². The maximum absolute atomic E-state index is 5.64. The molecule has 0 aromatic rings. The number of rotatable bonds is 6. The van der Waals surface area contributed by atoms with Crippen LogP contribution in [0.1, 0.15) is 51.9 Å². The average Bonchev–Trinajstić information content (AvgIpc) is 2.88. The summed E-state index contributed by atoms with van der Waals surface area (Å²) in [6.45, 7) is 7.01. The van der Waals surface area contributed by atoms with Gasteiger partial charge < -0.3 is 15.0 Å². The van der Waals surface area contributed by atoms with Crippen LogP contribution >= 0.6 is 0 Å². The van der Waals surface area contributed by atoms with Gasteiger partial charge >= 0.3 is 0 Å². The second kappa shape index (κ2) is 6.88. The van der Waals surface area contributed by atoms with E-state index in [2.05, 4.69) is 17.1 Å². The van der Waals surface area contributed by atoms with Gasteiger partial charge in [0.05, 0.1) is 5.60 Å². The Hall–Kier alpha value is -0.120. The zero-order valence-electron chi connectivity index (χ0n) is 12.2. The fourth-order valence-corrected chi connectivity index (χ4v) is 3.40. The van der Waals surface area contributed by atoms with Crippen LogP contribution in [-0.2, 0) is 4.74 Å². The third kappa shape index (κ3) is 4.22. The van der Waals surface area contributed by atoms with E-state index in [0.29, 0.717) is 0 Å². The van der Waals surface area contributed by atoms with E-state index in [1.165, 1.54) is 64.6 Å². The first-order valence-corrected chi connectivity index (χ1v) is 7.73. The Morgan fingerprint density at radius 2 is 2.06 bits per heavy atom. The number of hydrogen-bond donors (Lipinski definition) is 1. The molecule has 2 aliphatic rings. The molecule has 0 radical (unpaired) electrons. The van der Waals surface area contributed by atoms with Gasteiger partial charge in [-0.3, -0.25) is 0 Å². The molecule has 18 heavy (non-hydrogen) atoms. The molecule has 2 fully saturated rings. The Morgan fingerprint density at radius 1 is 1.28 bits per heavy atom. The third-order valence-corrected chi connectivity index (χ3v) is 4.67. The normalized spacial score (nSPS) is 31.0. The molecule has 1 saturated carbocycles. The van der Waals surface area contributed by atoms with Crippen molar-refractivity contribution >= 4 is 0 Å². The fourth-order valence-electron chi connectivity index (χ4n) is 3.40. The Morgan fingerprint density at radius 3 is 2.78 bits per heavy atom. The summed E-state index contributed by atoms with van der Waals surface area (Å²) in [7, 11) is 1.85. The summed E-state index contributed by atoms with van der Waals surface area (Å²) in [5.41, 5.74) is 0.0944. The molecule has 1 aliphatic heterocycles. The van der Waals surface area contributed by atoms with Gasteiger partial charge in [-0.15, -0.1) is 0 Å². The highest BCUT2D eigenvalue weighted by atomic mass is 16.5. The first-order chi connectivity index (χ1) is 8.72. The van der Waals surface area contributed by atoms with Gasteiger partial charge in [-0.2, -0.15) is 0 Å². The first kappa shape index (κ1) is 14.3.